The van der Waals surface area contributed by atoms with Gasteiger partial charge in [-0.2, -0.15) is 0 Å². The van der Waals surface area contributed by atoms with Crippen LogP contribution >= 0.6 is 23.2 Å². The first-order valence-electron chi connectivity index (χ1n) is 7.60. The van der Waals surface area contributed by atoms with Crippen LogP contribution in [0.2, 0.25) is 10.0 Å². The number of hydrogen-bond donors (Lipinski definition) is 0. The Balaban J connectivity index is 1.69. The minimum Gasteiger partial charge on any atom is -0.370 e. The minimum atomic E-state index is -0.146. The third-order valence-corrected chi connectivity index (χ3v) is 5.56. The number of benzene rings is 1. The zero-order valence-corrected chi connectivity index (χ0v) is 14.3. The second-order valence-electron chi connectivity index (χ2n) is 6.92. The lowest BCUT2D eigenvalue weighted by Crippen LogP contribution is -2.38. The Bertz CT molecular complexity index is 525. The van der Waals surface area contributed by atoms with E-state index < -0.39 is 0 Å². The lowest BCUT2D eigenvalue weighted by molar-refractivity contribution is -0.0959. The largest absolute Gasteiger partial charge is 0.370 e. The predicted molar refractivity (Wildman–Crippen MR) is 85.9 cm³/mol. The van der Waals surface area contributed by atoms with Gasteiger partial charge in [-0.25, -0.2) is 0 Å². The summed E-state index contributed by atoms with van der Waals surface area (Å²) in [5, 5.41) is 1.30. The zero-order valence-electron chi connectivity index (χ0n) is 12.8. The molecule has 21 heavy (non-hydrogen) atoms. The quantitative estimate of drug-likeness (QED) is 0.751. The van der Waals surface area contributed by atoms with E-state index in [-0.39, 0.29) is 17.3 Å². The molecule has 0 aromatic heterocycles. The molecule has 2 saturated heterocycles. The molecule has 116 valence electrons. The number of halogens is 2. The lowest BCUT2D eigenvalue weighted by Gasteiger charge is -2.31. The van der Waals surface area contributed by atoms with Crippen molar-refractivity contribution < 1.29 is 9.47 Å². The van der Waals surface area contributed by atoms with Crippen molar-refractivity contribution in [3.05, 3.63) is 33.8 Å². The highest BCUT2D eigenvalue weighted by Crippen LogP contribution is 2.55. The number of rotatable bonds is 4. The van der Waals surface area contributed by atoms with Gasteiger partial charge in [-0.15, -0.1) is 0 Å². The van der Waals surface area contributed by atoms with Crippen molar-refractivity contribution >= 4 is 23.2 Å². The van der Waals surface area contributed by atoms with Gasteiger partial charge in [-0.3, -0.25) is 0 Å². The molecule has 4 heteroatoms. The minimum absolute atomic E-state index is 0.00535. The average Bonchev–Trinajstić information content (AvgIpc) is 2.87. The topological polar surface area (TPSA) is 18.5 Å². The van der Waals surface area contributed by atoms with Gasteiger partial charge in [0.2, 0.25) is 0 Å². The second-order valence-corrected chi connectivity index (χ2v) is 7.79. The molecule has 0 radical (unpaired) electrons. The summed E-state index contributed by atoms with van der Waals surface area (Å²) in [6.07, 6.45) is 3.34. The summed E-state index contributed by atoms with van der Waals surface area (Å²) in [5.74, 6) is 0.522. The molecule has 2 aliphatic heterocycles. The highest BCUT2D eigenvalue weighted by atomic mass is 35.5. The number of fused-ring (bicyclic) bond motifs is 2. The molecule has 0 saturated carbocycles. The molecule has 2 aliphatic rings. The standard InChI is InChI=1S/C17H22Cl2O2/c1-11(2)17-5-4-16(3,21-17)15(9-17)20-10-12-6-13(18)8-14(19)7-12/h6-8,11,15H,4-5,9-10H2,1-3H3/t15-,16+,17-/m0/s1. The van der Waals surface area contributed by atoms with Gasteiger partial charge in [0.1, 0.15) is 0 Å². The van der Waals surface area contributed by atoms with Crippen LogP contribution < -0.4 is 0 Å². The van der Waals surface area contributed by atoms with Crippen LogP contribution in [0.1, 0.15) is 45.6 Å². The fraction of sp³-hybridized carbons (Fsp3) is 0.647. The first kappa shape index (κ1) is 15.6. The van der Waals surface area contributed by atoms with Gasteiger partial charge in [0.25, 0.3) is 0 Å². The maximum Gasteiger partial charge on any atom is 0.0924 e. The van der Waals surface area contributed by atoms with Crippen LogP contribution in [-0.4, -0.2) is 17.3 Å². The second kappa shape index (κ2) is 5.42. The Morgan fingerprint density at radius 3 is 2.48 bits per heavy atom. The van der Waals surface area contributed by atoms with Crippen molar-refractivity contribution in [1.29, 1.82) is 0 Å². The van der Waals surface area contributed by atoms with Crippen LogP contribution in [-0.2, 0) is 16.1 Å². The SMILES string of the molecule is CC(C)[C@@]12CC[C@@](C)(O1)[C@@H](OCc1cc(Cl)cc(Cl)c1)C2. The summed E-state index contributed by atoms with van der Waals surface area (Å²) in [6, 6.07) is 5.55. The highest BCUT2D eigenvalue weighted by Gasteiger charge is 2.60. The van der Waals surface area contributed by atoms with Gasteiger partial charge >= 0.3 is 0 Å². The van der Waals surface area contributed by atoms with Gasteiger partial charge < -0.3 is 9.47 Å². The van der Waals surface area contributed by atoms with E-state index in [0.717, 1.165) is 24.8 Å². The summed E-state index contributed by atoms with van der Waals surface area (Å²) in [5.41, 5.74) is 0.871. The van der Waals surface area contributed by atoms with Crippen molar-refractivity contribution in [2.45, 2.75) is 63.9 Å². The smallest absolute Gasteiger partial charge is 0.0924 e. The van der Waals surface area contributed by atoms with E-state index in [1.807, 2.05) is 12.1 Å². The summed E-state index contributed by atoms with van der Waals surface area (Å²) in [6.45, 7) is 7.19. The maximum absolute atomic E-state index is 6.38. The molecular weight excluding hydrogens is 307 g/mol. The molecule has 0 N–H and O–H groups in total. The molecule has 3 atom stereocenters. The number of ether oxygens (including phenoxy) is 2. The normalized spacial score (nSPS) is 34.9. The summed E-state index contributed by atoms with van der Waals surface area (Å²) in [7, 11) is 0. The molecule has 2 bridgehead atoms. The molecular formula is C17H22Cl2O2. The van der Waals surface area contributed by atoms with Crippen LogP contribution in [0.4, 0.5) is 0 Å². The molecule has 2 fully saturated rings. The van der Waals surface area contributed by atoms with Crippen LogP contribution in [0.15, 0.2) is 18.2 Å². The molecule has 2 nitrogen and oxygen atoms in total. The Morgan fingerprint density at radius 1 is 1.24 bits per heavy atom. The van der Waals surface area contributed by atoms with Gasteiger partial charge in [0, 0.05) is 16.5 Å². The average molecular weight is 329 g/mol. The molecule has 2 heterocycles. The van der Waals surface area contributed by atoms with Crippen LogP contribution in [0.5, 0.6) is 0 Å². The van der Waals surface area contributed by atoms with Crippen molar-refractivity contribution in [3.8, 4) is 0 Å². The van der Waals surface area contributed by atoms with Gasteiger partial charge in [0.05, 0.1) is 23.9 Å². The fourth-order valence-electron chi connectivity index (χ4n) is 3.69. The lowest BCUT2D eigenvalue weighted by atomic mass is 9.75. The Kier molecular flexibility index (Phi) is 4.03. The molecule has 0 unspecified atom stereocenters. The van der Waals surface area contributed by atoms with Crippen LogP contribution in [0, 0.1) is 5.92 Å². The van der Waals surface area contributed by atoms with E-state index in [9.17, 15) is 0 Å². The van der Waals surface area contributed by atoms with Gasteiger partial charge in [-0.1, -0.05) is 37.0 Å². The molecule has 1 aromatic rings. The summed E-state index contributed by atoms with van der Waals surface area (Å²) in [4.78, 5) is 0. The van der Waals surface area contributed by atoms with E-state index in [4.69, 9.17) is 32.7 Å². The monoisotopic (exact) mass is 328 g/mol. The summed E-state index contributed by atoms with van der Waals surface area (Å²) < 4.78 is 12.5. The van der Waals surface area contributed by atoms with E-state index in [1.165, 1.54) is 0 Å². The first-order valence-corrected chi connectivity index (χ1v) is 8.35. The predicted octanol–water partition coefficient (Wildman–Crippen LogP) is 5.25. The summed E-state index contributed by atoms with van der Waals surface area (Å²) >= 11 is 12.1. The number of hydrogen-bond acceptors (Lipinski definition) is 2. The van der Waals surface area contributed by atoms with Gasteiger partial charge in [-0.05, 0) is 49.4 Å². The highest BCUT2D eigenvalue weighted by molar-refractivity contribution is 6.34. The van der Waals surface area contributed by atoms with Crippen molar-refractivity contribution in [1.82, 2.24) is 0 Å². The Hall–Kier alpha value is -0.280. The van der Waals surface area contributed by atoms with Crippen LogP contribution in [0.3, 0.4) is 0 Å². The van der Waals surface area contributed by atoms with E-state index >= 15 is 0 Å². The first-order chi connectivity index (χ1) is 9.83. The van der Waals surface area contributed by atoms with Crippen molar-refractivity contribution in [2.75, 3.05) is 0 Å². The fourth-order valence-corrected chi connectivity index (χ4v) is 4.27. The van der Waals surface area contributed by atoms with Crippen LogP contribution in [0.25, 0.3) is 0 Å². The third kappa shape index (κ3) is 2.84. The Labute approximate surface area is 136 Å². The van der Waals surface area contributed by atoms with E-state index in [1.54, 1.807) is 6.07 Å². The molecule has 0 amide bonds. The van der Waals surface area contributed by atoms with E-state index in [0.29, 0.717) is 22.6 Å². The molecule has 0 spiro atoms. The molecule has 3 rings (SSSR count). The Morgan fingerprint density at radius 2 is 1.90 bits per heavy atom. The third-order valence-electron chi connectivity index (χ3n) is 5.12. The van der Waals surface area contributed by atoms with Crippen molar-refractivity contribution in [2.24, 2.45) is 5.92 Å². The van der Waals surface area contributed by atoms with Crippen molar-refractivity contribution in [3.63, 3.8) is 0 Å². The zero-order chi connectivity index (χ0) is 15.3. The van der Waals surface area contributed by atoms with E-state index in [2.05, 4.69) is 20.8 Å². The molecule has 1 aromatic carbocycles. The van der Waals surface area contributed by atoms with Gasteiger partial charge in [0.15, 0.2) is 0 Å². The maximum atomic E-state index is 6.38. The molecule has 0 aliphatic carbocycles.